The third-order valence-corrected chi connectivity index (χ3v) is 6.92. The quantitative estimate of drug-likeness (QED) is 0.653. The molecule has 28 heavy (non-hydrogen) atoms. The van der Waals surface area contributed by atoms with E-state index in [0.717, 1.165) is 12.0 Å². The van der Waals surface area contributed by atoms with Crippen molar-refractivity contribution in [3.05, 3.63) is 65.4 Å². The zero-order chi connectivity index (χ0) is 19.9. The summed E-state index contributed by atoms with van der Waals surface area (Å²) in [6, 6.07) is 5.73. The standard InChI is InChI=1S/C19H21FN4O3S/c1-13-18(12-23(2)22-13)28(25,26)24-9-3-4-17(24)19-21-11-16(27-19)10-14-5-7-15(20)8-6-14/h5-8,11-12,17H,3-4,9-10H2,1-2H3/t17-/m1/s1. The summed E-state index contributed by atoms with van der Waals surface area (Å²) >= 11 is 0. The molecule has 1 saturated heterocycles. The topological polar surface area (TPSA) is 81.2 Å². The van der Waals surface area contributed by atoms with Crippen molar-refractivity contribution in [1.29, 1.82) is 0 Å². The van der Waals surface area contributed by atoms with Crippen molar-refractivity contribution in [2.45, 2.75) is 37.1 Å². The first-order valence-electron chi connectivity index (χ1n) is 9.06. The molecule has 0 spiro atoms. The van der Waals surface area contributed by atoms with Crippen LogP contribution in [0.2, 0.25) is 0 Å². The number of aryl methyl sites for hydroxylation is 2. The van der Waals surface area contributed by atoms with Crippen LogP contribution in [0.3, 0.4) is 0 Å². The summed E-state index contributed by atoms with van der Waals surface area (Å²) in [5.41, 5.74) is 1.36. The number of hydrogen-bond donors (Lipinski definition) is 0. The Balaban J connectivity index is 1.58. The minimum Gasteiger partial charge on any atom is -0.444 e. The number of sulfonamides is 1. The van der Waals surface area contributed by atoms with Gasteiger partial charge in [-0.15, -0.1) is 0 Å². The van der Waals surface area contributed by atoms with Gasteiger partial charge in [-0.25, -0.2) is 17.8 Å². The van der Waals surface area contributed by atoms with E-state index in [-0.39, 0.29) is 10.7 Å². The van der Waals surface area contributed by atoms with Crippen LogP contribution in [0.4, 0.5) is 4.39 Å². The molecule has 1 aliphatic heterocycles. The maximum atomic E-state index is 13.1. The van der Waals surface area contributed by atoms with Crippen LogP contribution in [0.5, 0.6) is 0 Å². The molecule has 3 heterocycles. The van der Waals surface area contributed by atoms with Crippen LogP contribution in [0.25, 0.3) is 0 Å². The van der Waals surface area contributed by atoms with Crippen molar-refractivity contribution in [3.63, 3.8) is 0 Å². The number of oxazole rings is 1. The molecule has 1 aromatic carbocycles. The van der Waals surface area contributed by atoms with E-state index in [2.05, 4.69) is 10.1 Å². The van der Waals surface area contributed by atoms with Gasteiger partial charge in [-0.05, 0) is 37.5 Å². The Morgan fingerprint density at radius 3 is 2.71 bits per heavy atom. The Hall–Kier alpha value is -2.52. The van der Waals surface area contributed by atoms with Crippen molar-refractivity contribution in [2.24, 2.45) is 7.05 Å². The molecule has 148 valence electrons. The average Bonchev–Trinajstić information content (AvgIpc) is 3.36. The summed E-state index contributed by atoms with van der Waals surface area (Å²) in [6.45, 7) is 2.10. The number of nitrogens with zero attached hydrogens (tertiary/aromatic N) is 4. The monoisotopic (exact) mass is 404 g/mol. The van der Waals surface area contributed by atoms with E-state index in [9.17, 15) is 12.8 Å². The molecule has 4 rings (SSSR count). The molecule has 1 aliphatic rings. The highest BCUT2D eigenvalue weighted by atomic mass is 32.2. The summed E-state index contributed by atoms with van der Waals surface area (Å²) in [5.74, 6) is 0.711. The zero-order valence-electron chi connectivity index (χ0n) is 15.7. The van der Waals surface area contributed by atoms with Crippen LogP contribution in [0.1, 0.15) is 41.8 Å². The van der Waals surface area contributed by atoms with Crippen LogP contribution in [-0.4, -0.2) is 34.0 Å². The smallest absolute Gasteiger partial charge is 0.247 e. The van der Waals surface area contributed by atoms with E-state index in [1.807, 2.05) is 0 Å². The van der Waals surface area contributed by atoms with Crippen LogP contribution in [0.15, 0.2) is 46.0 Å². The van der Waals surface area contributed by atoms with Gasteiger partial charge in [0.15, 0.2) is 0 Å². The maximum Gasteiger partial charge on any atom is 0.247 e. The molecule has 3 aromatic rings. The van der Waals surface area contributed by atoms with Crippen LogP contribution < -0.4 is 0 Å². The molecule has 0 aliphatic carbocycles. The molecule has 9 heteroatoms. The molecular weight excluding hydrogens is 383 g/mol. The fourth-order valence-corrected chi connectivity index (χ4v) is 5.45. The van der Waals surface area contributed by atoms with Gasteiger partial charge in [0.2, 0.25) is 15.9 Å². The van der Waals surface area contributed by atoms with E-state index in [1.165, 1.54) is 27.3 Å². The van der Waals surface area contributed by atoms with Gasteiger partial charge in [0, 0.05) is 26.2 Å². The van der Waals surface area contributed by atoms with Crippen molar-refractivity contribution in [1.82, 2.24) is 19.1 Å². The summed E-state index contributed by atoms with van der Waals surface area (Å²) in [7, 11) is -1.99. The van der Waals surface area contributed by atoms with Gasteiger partial charge in [-0.3, -0.25) is 4.68 Å². The Kier molecular flexibility index (Phi) is 4.80. The minimum atomic E-state index is -3.69. The predicted octanol–water partition coefficient (Wildman–Crippen LogP) is 2.97. The highest BCUT2D eigenvalue weighted by molar-refractivity contribution is 7.89. The second-order valence-electron chi connectivity index (χ2n) is 6.99. The summed E-state index contributed by atoms with van der Waals surface area (Å²) in [4.78, 5) is 4.54. The fraction of sp³-hybridized carbons (Fsp3) is 0.368. The molecule has 1 atom stereocenters. The van der Waals surface area contributed by atoms with Gasteiger partial charge in [0.1, 0.15) is 22.5 Å². The molecule has 1 fully saturated rings. The lowest BCUT2D eigenvalue weighted by molar-refractivity contribution is 0.322. The number of aromatic nitrogens is 3. The second kappa shape index (κ2) is 7.14. The first-order chi connectivity index (χ1) is 13.3. The van der Waals surface area contributed by atoms with Gasteiger partial charge in [-0.1, -0.05) is 12.1 Å². The highest BCUT2D eigenvalue weighted by Gasteiger charge is 2.40. The number of halogens is 1. The Morgan fingerprint density at radius 1 is 1.29 bits per heavy atom. The van der Waals surface area contributed by atoms with E-state index in [4.69, 9.17) is 4.42 Å². The van der Waals surface area contributed by atoms with Crippen LogP contribution >= 0.6 is 0 Å². The molecular formula is C19H21FN4O3S. The molecule has 7 nitrogen and oxygen atoms in total. The molecule has 0 saturated carbocycles. The SMILES string of the molecule is Cc1nn(C)cc1S(=O)(=O)N1CCC[C@@H]1c1ncc(Cc2ccc(F)cc2)o1. The van der Waals surface area contributed by atoms with Crippen molar-refractivity contribution in [3.8, 4) is 0 Å². The molecule has 0 radical (unpaired) electrons. The Bertz CT molecular complexity index is 1090. The highest BCUT2D eigenvalue weighted by Crippen LogP contribution is 2.37. The zero-order valence-corrected chi connectivity index (χ0v) is 16.5. The largest absolute Gasteiger partial charge is 0.444 e. The molecule has 0 N–H and O–H groups in total. The maximum absolute atomic E-state index is 13.1. The normalized spacial score (nSPS) is 18.0. The van der Waals surface area contributed by atoms with Crippen molar-refractivity contribution in [2.75, 3.05) is 6.54 Å². The van der Waals surface area contributed by atoms with Crippen LogP contribution in [-0.2, 0) is 23.5 Å². The summed E-state index contributed by atoms with van der Waals surface area (Å²) in [6.07, 6.45) is 4.98. The minimum absolute atomic E-state index is 0.208. The van der Waals surface area contributed by atoms with E-state index >= 15 is 0 Å². The summed E-state index contributed by atoms with van der Waals surface area (Å²) < 4.78 is 48.2. The fourth-order valence-electron chi connectivity index (χ4n) is 3.59. The summed E-state index contributed by atoms with van der Waals surface area (Å²) in [5, 5.41) is 4.15. The average molecular weight is 404 g/mol. The second-order valence-corrected chi connectivity index (χ2v) is 8.85. The lowest BCUT2D eigenvalue weighted by Crippen LogP contribution is -2.31. The number of hydrogen-bond acceptors (Lipinski definition) is 5. The first kappa shape index (κ1) is 18.8. The van der Waals surface area contributed by atoms with Gasteiger partial charge < -0.3 is 4.42 Å². The molecule has 0 amide bonds. The van der Waals surface area contributed by atoms with E-state index in [1.54, 1.807) is 32.3 Å². The predicted molar refractivity (Wildman–Crippen MR) is 99.5 cm³/mol. The van der Waals surface area contributed by atoms with Crippen molar-refractivity contribution < 1.29 is 17.2 Å². The number of rotatable bonds is 5. The molecule has 2 aromatic heterocycles. The third-order valence-electron chi connectivity index (χ3n) is 4.91. The van der Waals surface area contributed by atoms with Gasteiger partial charge in [-0.2, -0.15) is 9.40 Å². The molecule has 0 bridgehead atoms. The lowest BCUT2D eigenvalue weighted by atomic mass is 10.1. The van der Waals surface area contributed by atoms with Gasteiger partial charge in [0.05, 0.1) is 11.9 Å². The Morgan fingerprint density at radius 2 is 2.04 bits per heavy atom. The van der Waals surface area contributed by atoms with E-state index < -0.39 is 16.1 Å². The lowest BCUT2D eigenvalue weighted by Gasteiger charge is -2.21. The van der Waals surface area contributed by atoms with Crippen molar-refractivity contribution >= 4 is 10.0 Å². The van der Waals surface area contributed by atoms with Gasteiger partial charge >= 0.3 is 0 Å². The van der Waals surface area contributed by atoms with Gasteiger partial charge in [0.25, 0.3) is 0 Å². The first-order valence-corrected chi connectivity index (χ1v) is 10.5. The molecule has 0 unspecified atom stereocenters. The Labute approximate surface area is 162 Å². The third kappa shape index (κ3) is 3.47. The van der Waals surface area contributed by atoms with Crippen LogP contribution in [0, 0.1) is 12.7 Å². The number of benzene rings is 1. The van der Waals surface area contributed by atoms with E-state index in [0.29, 0.717) is 36.7 Å².